The number of carbonyl (C=O) groups excluding carboxylic acids is 1. The summed E-state index contributed by atoms with van der Waals surface area (Å²) < 4.78 is 18.3. The average Bonchev–Trinajstić information content (AvgIpc) is 2.96. The third-order valence-corrected chi connectivity index (χ3v) is 2.47. The van der Waals surface area contributed by atoms with E-state index in [1.807, 2.05) is 0 Å². The Kier molecular flexibility index (Phi) is 4.39. The Hall–Kier alpha value is -3.03. The zero-order chi connectivity index (χ0) is 15.2. The van der Waals surface area contributed by atoms with Gasteiger partial charge < -0.3 is 14.9 Å². The van der Waals surface area contributed by atoms with E-state index >= 15 is 0 Å². The zero-order valence-corrected chi connectivity index (χ0v) is 10.6. The van der Waals surface area contributed by atoms with Crippen molar-refractivity contribution in [3.8, 4) is 0 Å². The fourth-order valence-electron chi connectivity index (χ4n) is 1.51. The van der Waals surface area contributed by atoms with Crippen molar-refractivity contribution in [3.05, 3.63) is 53.4 Å². The lowest BCUT2D eigenvalue weighted by Gasteiger charge is -2.04. The van der Waals surface area contributed by atoms with Crippen LogP contribution in [-0.4, -0.2) is 27.1 Å². The van der Waals surface area contributed by atoms with E-state index in [2.05, 4.69) is 20.0 Å². The predicted octanol–water partition coefficient (Wildman–Crippen LogP) is 1.24. The van der Waals surface area contributed by atoms with Crippen molar-refractivity contribution in [2.45, 2.75) is 6.54 Å². The molecule has 1 amide bonds. The van der Waals surface area contributed by atoms with Crippen LogP contribution in [0.25, 0.3) is 6.08 Å². The molecule has 0 fully saturated rings. The Morgan fingerprint density at radius 2 is 2.24 bits per heavy atom. The highest BCUT2D eigenvalue weighted by molar-refractivity contribution is 5.94. The van der Waals surface area contributed by atoms with E-state index in [9.17, 15) is 14.0 Å². The van der Waals surface area contributed by atoms with Crippen LogP contribution >= 0.6 is 0 Å². The quantitative estimate of drug-likeness (QED) is 0.803. The number of nitrogens with one attached hydrogen (secondary N) is 1. The maximum absolute atomic E-state index is 13.8. The van der Waals surface area contributed by atoms with Gasteiger partial charge in [0.2, 0.25) is 6.39 Å². The summed E-state index contributed by atoms with van der Waals surface area (Å²) in [6.07, 6.45) is 3.23. The minimum Gasteiger partial charge on any atom is -0.478 e. The predicted molar refractivity (Wildman–Crippen MR) is 68.5 cm³/mol. The Balaban J connectivity index is 2.05. The molecule has 0 unspecified atom stereocenters. The van der Waals surface area contributed by atoms with Crippen LogP contribution in [0.5, 0.6) is 0 Å². The van der Waals surface area contributed by atoms with Crippen molar-refractivity contribution < 1.29 is 23.6 Å². The van der Waals surface area contributed by atoms with Crippen LogP contribution in [0.2, 0.25) is 0 Å². The van der Waals surface area contributed by atoms with E-state index in [4.69, 9.17) is 5.11 Å². The Morgan fingerprint density at radius 1 is 1.43 bits per heavy atom. The van der Waals surface area contributed by atoms with Gasteiger partial charge in [0.25, 0.3) is 5.91 Å². The lowest BCUT2D eigenvalue weighted by Crippen LogP contribution is -2.24. The summed E-state index contributed by atoms with van der Waals surface area (Å²) in [4.78, 5) is 25.9. The van der Waals surface area contributed by atoms with Gasteiger partial charge in [-0.1, -0.05) is 11.2 Å². The number of carboxylic acids is 1. The Bertz CT molecular complexity index is 683. The molecule has 0 aliphatic carbocycles. The molecule has 0 aliphatic heterocycles. The molecule has 8 heteroatoms. The summed E-state index contributed by atoms with van der Waals surface area (Å²) in [6, 6.07) is 3.77. The first-order valence-electron chi connectivity index (χ1n) is 5.80. The van der Waals surface area contributed by atoms with Gasteiger partial charge in [0.05, 0.1) is 12.1 Å². The van der Waals surface area contributed by atoms with Gasteiger partial charge in [0.15, 0.2) is 5.82 Å². The second-order valence-corrected chi connectivity index (χ2v) is 3.94. The molecule has 21 heavy (non-hydrogen) atoms. The molecule has 0 radical (unpaired) electrons. The molecule has 2 N–H and O–H groups in total. The number of benzene rings is 1. The largest absolute Gasteiger partial charge is 0.478 e. The maximum atomic E-state index is 13.8. The number of carbonyl (C=O) groups is 2. The molecule has 1 heterocycles. The molecule has 108 valence electrons. The Labute approximate surface area is 118 Å². The second kappa shape index (κ2) is 6.42. The van der Waals surface area contributed by atoms with E-state index in [-0.39, 0.29) is 17.9 Å². The van der Waals surface area contributed by atoms with Gasteiger partial charge >= 0.3 is 5.97 Å². The highest BCUT2D eigenvalue weighted by atomic mass is 19.1. The van der Waals surface area contributed by atoms with Gasteiger partial charge in [0.1, 0.15) is 5.82 Å². The number of nitrogens with zero attached hydrogens (tertiary/aromatic N) is 2. The summed E-state index contributed by atoms with van der Waals surface area (Å²) in [5.41, 5.74) is 0.176. The summed E-state index contributed by atoms with van der Waals surface area (Å²) in [5.74, 6) is -2.26. The highest BCUT2D eigenvalue weighted by Gasteiger charge is 2.12. The van der Waals surface area contributed by atoms with Gasteiger partial charge in [0, 0.05) is 6.08 Å². The molecule has 1 aromatic carbocycles. The standard InChI is InChI=1S/C13H10FN3O4/c14-10-5-8(2-4-12(18)19)1-3-9(10)13(20)15-6-11-16-7-21-17-11/h1-5,7H,6H2,(H,15,20)(H,18,19)/b4-2+. The van der Waals surface area contributed by atoms with Gasteiger partial charge in [-0.25, -0.2) is 9.18 Å². The minimum absolute atomic E-state index is 0.00937. The molecule has 0 bridgehead atoms. The summed E-state index contributed by atoms with van der Waals surface area (Å²) >= 11 is 0. The monoisotopic (exact) mass is 291 g/mol. The molecule has 7 nitrogen and oxygen atoms in total. The summed E-state index contributed by atoms with van der Waals surface area (Å²) in [6.45, 7) is 0.00937. The SMILES string of the molecule is O=C(O)/C=C/c1ccc(C(=O)NCc2ncon2)c(F)c1. The topological polar surface area (TPSA) is 105 Å². The van der Waals surface area contributed by atoms with Crippen LogP contribution < -0.4 is 5.32 Å². The molecule has 2 rings (SSSR count). The van der Waals surface area contributed by atoms with Crippen molar-refractivity contribution in [1.82, 2.24) is 15.5 Å². The second-order valence-electron chi connectivity index (χ2n) is 3.94. The third kappa shape index (κ3) is 3.96. The van der Waals surface area contributed by atoms with Crippen LogP contribution in [0.3, 0.4) is 0 Å². The highest BCUT2D eigenvalue weighted by Crippen LogP contribution is 2.12. The number of aliphatic carboxylic acids is 1. The van der Waals surface area contributed by atoms with Crippen LogP contribution in [0.1, 0.15) is 21.7 Å². The number of halogens is 1. The lowest BCUT2D eigenvalue weighted by molar-refractivity contribution is -0.131. The Morgan fingerprint density at radius 3 is 2.86 bits per heavy atom. The van der Waals surface area contributed by atoms with Gasteiger partial charge in [-0.05, 0) is 23.8 Å². The minimum atomic E-state index is -1.14. The number of aromatic nitrogens is 2. The van der Waals surface area contributed by atoms with Crippen molar-refractivity contribution >= 4 is 18.0 Å². The van der Waals surface area contributed by atoms with Gasteiger partial charge in [-0.3, -0.25) is 4.79 Å². The van der Waals surface area contributed by atoms with E-state index in [0.29, 0.717) is 5.56 Å². The van der Waals surface area contributed by atoms with Crippen molar-refractivity contribution in [1.29, 1.82) is 0 Å². The maximum Gasteiger partial charge on any atom is 0.328 e. The number of hydrogen-bond acceptors (Lipinski definition) is 5. The van der Waals surface area contributed by atoms with Gasteiger partial charge in [-0.2, -0.15) is 4.98 Å². The average molecular weight is 291 g/mol. The van der Waals surface area contributed by atoms with Crippen LogP contribution in [0.15, 0.2) is 35.2 Å². The van der Waals surface area contributed by atoms with Crippen molar-refractivity contribution in [2.75, 3.05) is 0 Å². The van der Waals surface area contributed by atoms with Crippen LogP contribution in [-0.2, 0) is 11.3 Å². The molecule has 0 saturated carbocycles. The normalized spacial score (nSPS) is 10.7. The zero-order valence-electron chi connectivity index (χ0n) is 10.6. The fourth-order valence-corrected chi connectivity index (χ4v) is 1.51. The van der Waals surface area contributed by atoms with Crippen molar-refractivity contribution in [3.63, 3.8) is 0 Å². The first-order valence-corrected chi connectivity index (χ1v) is 5.80. The number of hydrogen-bond donors (Lipinski definition) is 2. The van der Waals surface area contributed by atoms with E-state index in [1.54, 1.807) is 0 Å². The molecule has 0 spiro atoms. The smallest absolute Gasteiger partial charge is 0.328 e. The molecule has 2 aromatic rings. The molecular formula is C13H10FN3O4. The first kappa shape index (κ1) is 14.4. The van der Waals surface area contributed by atoms with Crippen molar-refractivity contribution in [2.24, 2.45) is 0 Å². The molecule has 0 atom stereocenters. The van der Waals surface area contributed by atoms with E-state index < -0.39 is 17.7 Å². The number of carboxylic acid groups (broad SMARTS) is 1. The lowest BCUT2D eigenvalue weighted by atomic mass is 10.1. The van der Waals surface area contributed by atoms with E-state index in [0.717, 1.165) is 18.5 Å². The summed E-state index contributed by atoms with van der Waals surface area (Å²) in [5, 5.41) is 14.4. The van der Waals surface area contributed by atoms with Crippen LogP contribution in [0.4, 0.5) is 4.39 Å². The number of rotatable bonds is 5. The molecule has 1 aromatic heterocycles. The fraction of sp³-hybridized carbons (Fsp3) is 0.0769. The molecule has 0 aliphatic rings. The summed E-state index contributed by atoms with van der Waals surface area (Å²) in [7, 11) is 0. The molecule has 0 saturated heterocycles. The number of amides is 1. The third-order valence-electron chi connectivity index (χ3n) is 2.47. The molecular weight excluding hydrogens is 281 g/mol. The van der Waals surface area contributed by atoms with Gasteiger partial charge in [-0.15, -0.1) is 0 Å². The van der Waals surface area contributed by atoms with E-state index in [1.165, 1.54) is 18.2 Å². The van der Waals surface area contributed by atoms with Crippen LogP contribution in [0, 0.1) is 5.82 Å². The first-order chi connectivity index (χ1) is 10.1.